The molecule has 3 nitrogen and oxygen atoms in total. The van der Waals surface area contributed by atoms with E-state index in [0.29, 0.717) is 22.9 Å². The maximum absolute atomic E-state index is 5.40. The predicted molar refractivity (Wildman–Crippen MR) is 250 cm³/mol. The highest BCUT2D eigenvalue weighted by molar-refractivity contribution is 5.95. The van der Waals surface area contributed by atoms with Crippen molar-refractivity contribution in [1.82, 2.24) is 15.0 Å². The topological polar surface area (TPSA) is 38.7 Å². The molecule has 4 fully saturated rings. The first-order chi connectivity index (χ1) is 29.9. The lowest BCUT2D eigenvalue weighted by Gasteiger charge is -2.57. The maximum Gasteiger partial charge on any atom is 0.164 e. The van der Waals surface area contributed by atoms with Crippen molar-refractivity contribution in [3.8, 4) is 78.7 Å². The van der Waals surface area contributed by atoms with Crippen LogP contribution in [-0.2, 0) is 10.8 Å². The van der Waals surface area contributed by atoms with Crippen LogP contribution < -0.4 is 0 Å². The van der Waals surface area contributed by atoms with E-state index in [1.165, 1.54) is 83.0 Å². The molecule has 4 bridgehead atoms. The van der Waals surface area contributed by atoms with Crippen LogP contribution in [0.4, 0.5) is 0 Å². The molecular formula is C58H49N3. The molecular weight excluding hydrogens is 739 g/mol. The molecule has 13 rings (SSSR count). The zero-order chi connectivity index (χ0) is 40.7. The predicted octanol–water partition coefficient (Wildman–Crippen LogP) is 14.6. The van der Waals surface area contributed by atoms with Crippen LogP contribution in [0.1, 0.15) is 69.1 Å². The van der Waals surface area contributed by atoms with E-state index in [4.69, 9.17) is 15.0 Å². The molecule has 0 unspecified atom stereocenters. The molecule has 1 heterocycles. The molecule has 5 aliphatic rings. The lowest BCUT2D eigenvalue weighted by molar-refractivity contribution is -0.00518. The van der Waals surface area contributed by atoms with Gasteiger partial charge in [0, 0.05) is 22.1 Å². The van der Waals surface area contributed by atoms with Gasteiger partial charge in [0.1, 0.15) is 0 Å². The zero-order valence-electron chi connectivity index (χ0n) is 35.0. The molecule has 296 valence electrons. The Hall–Kier alpha value is -6.45. The number of fused-ring (bicyclic) bond motifs is 3. The van der Waals surface area contributed by atoms with Gasteiger partial charge in [0.15, 0.2) is 17.5 Å². The number of nitrogens with zero attached hydrogens (tertiary/aromatic N) is 3. The van der Waals surface area contributed by atoms with Gasteiger partial charge < -0.3 is 0 Å². The van der Waals surface area contributed by atoms with Gasteiger partial charge in [0.25, 0.3) is 0 Å². The summed E-state index contributed by atoms with van der Waals surface area (Å²) >= 11 is 0. The van der Waals surface area contributed by atoms with Crippen LogP contribution in [0.3, 0.4) is 0 Å². The summed E-state index contributed by atoms with van der Waals surface area (Å²) in [5, 5.41) is 0. The lowest BCUT2D eigenvalue weighted by atomic mass is 9.48. The molecule has 0 radical (unpaired) electrons. The van der Waals surface area contributed by atoms with E-state index in [-0.39, 0.29) is 5.41 Å². The third-order valence-corrected chi connectivity index (χ3v) is 14.9. The van der Waals surface area contributed by atoms with Gasteiger partial charge in [-0.2, -0.15) is 0 Å². The highest BCUT2D eigenvalue weighted by atomic mass is 15.0. The summed E-state index contributed by atoms with van der Waals surface area (Å²) in [4.78, 5) is 15.9. The molecule has 0 aliphatic heterocycles. The van der Waals surface area contributed by atoms with Gasteiger partial charge in [-0.3, -0.25) is 0 Å². The first-order valence-electron chi connectivity index (χ1n) is 22.4. The van der Waals surface area contributed by atoms with Crippen LogP contribution in [-0.4, -0.2) is 15.0 Å². The van der Waals surface area contributed by atoms with E-state index in [9.17, 15) is 0 Å². The molecule has 61 heavy (non-hydrogen) atoms. The molecule has 5 aliphatic carbocycles. The third-order valence-electron chi connectivity index (χ3n) is 14.9. The highest BCUT2D eigenvalue weighted by Gasteiger charge is 2.51. The molecule has 7 aromatic carbocycles. The SMILES string of the molecule is CC1(C)c2c(-c3ccccc3)cccc2-c2cc(-c3ccccc3)cc(-c3nc(-c4ccccc4)nc(-c4ccc(-c5ccc(C67CC8CC(CC(C8)C6)C7)cc5)cc4)n3)c21. The summed E-state index contributed by atoms with van der Waals surface area (Å²) in [5.41, 5.74) is 16.9. The van der Waals surface area contributed by atoms with Gasteiger partial charge in [-0.1, -0.05) is 172 Å². The molecule has 1 aromatic heterocycles. The average molecular weight is 788 g/mol. The molecule has 0 atom stereocenters. The number of hydrogen-bond donors (Lipinski definition) is 0. The Morgan fingerprint density at radius 2 is 0.787 bits per heavy atom. The molecule has 0 amide bonds. The van der Waals surface area contributed by atoms with Gasteiger partial charge >= 0.3 is 0 Å². The van der Waals surface area contributed by atoms with Crippen molar-refractivity contribution in [3.63, 3.8) is 0 Å². The van der Waals surface area contributed by atoms with Crippen molar-refractivity contribution < 1.29 is 0 Å². The van der Waals surface area contributed by atoms with Crippen LogP contribution >= 0.6 is 0 Å². The second kappa shape index (κ2) is 14.1. The number of benzene rings is 7. The van der Waals surface area contributed by atoms with Crippen molar-refractivity contribution >= 4 is 0 Å². The first-order valence-corrected chi connectivity index (χ1v) is 22.4. The van der Waals surface area contributed by atoms with E-state index in [1.807, 2.05) is 6.07 Å². The second-order valence-corrected chi connectivity index (χ2v) is 19.1. The van der Waals surface area contributed by atoms with E-state index in [0.717, 1.165) is 45.6 Å². The zero-order valence-corrected chi connectivity index (χ0v) is 35.0. The normalized spacial score (nSPS) is 21.6. The Morgan fingerprint density at radius 3 is 1.38 bits per heavy atom. The molecule has 0 N–H and O–H groups in total. The summed E-state index contributed by atoms with van der Waals surface area (Å²) < 4.78 is 0. The lowest BCUT2D eigenvalue weighted by Crippen LogP contribution is -2.48. The molecule has 0 spiro atoms. The minimum atomic E-state index is -0.339. The quantitative estimate of drug-likeness (QED) is 0.161. The average Bonchev–Trinajstić information content (AvgIpc) is 3.55. The van der Waals surface area contributed by atoms with Crippen LogP contribution in [0.15, 0.2) is 170 Å². The standard InChI is InChI=1S/C58H49N3/c1-57(2)52-48(43-15-8-4-9-16-43)19-12-20-49(52)50-32-46(40-13-6-3-7-14-40)33-51(53(50)57)56-60-54(44-17-10-5-11-18-44)59-55(61-56)45-23-21-41(22-24-45)42-25-27-47(28-26-42)58-34-37-29-38(35-58)31-39(30-37)36-58/h3-28,32-33,37-39H,29-31,34-36H2,1-2H3. The second-order valence-electron chi connectivity index (χ2n) is 19.1. The fraction of sp³-hybridized carbons (Fsp3) is 0.224. The Morgan fingerprint density at radius 1 is 0.361 bits per heavy atom. The Balaban J connectivity index is 0.973. The molecule has 4 saturated carbocycles. The van der Waals surface area contributed by atoms with Crippen molar-refractivity contribution in [2.75, 3.05) is 0 Å². The summed E-state index contributed by atoms with van der Waals surface area (Å²) in [6.45, 7) is 4.73. The van der Waals surface area contributed by atoms with Crippen LogP contribution in [0.5, 0.6) is 0 Å². The van der Waals surface area contributed by atoms with Crippen LogP contribution in [0.2, 0.25) is 0 Å². The van der Waals surface area contributed by atoms with Gasteiger partial charge in [0.2, 0.25) is 0 Å². The van der Waals surface area contributed by atoms with Crippen LogP contribution in [0.25, 0.3) is 78.7 Å². The van der Waals surface area contributed by atoms with Gasteiger partial charge in [-0.05, 0) is 135 Å². The fourth-order valence-electron chi connectivity index (χ4n) is 12.6. The summed E-state index contributed by atoms with van der Waals surface area (Å²) in [6, 6.07) is 61.8. The van der Waals surface area contributed by atoms with Gasteiger partial charge in [-0.25, -0.2) is 15.0 Å². The van der Waals surface area contributed by atoms with Crippen LogP contribution in [0, 0.1) is 17.8 Å². The number of rotatable bonds is 7. The van der Waals surface area contributed by atoms with Crippen molar-refractivity contribution in [2.45, 2.75) is 63.2 Å². The Kier molecular flexibility index (Phi) is 8.39. The highest BCUT2D eigenvalue weighted by Crippen LogP contribution is 2.61. The van der Waals surface area contributed by atoms with Crippen molar-refractivity contribution in [3.05, 3.63) is 187 Å². The minimum Gasteiger partial charge on any atom is -0.208 e. The fourth-order valence-corrected chi connectivity index (χ4v) is 12.6. The smallest absolute Gasteiger partial charge is 0.164 e. The van der Waals surface area contributed by atoms with E-state index >= 15 is 0 Å². The number of hydrogen-bond acceptors (Lipinski definition) is 3. The summed E-state index contributed by atoms with van der Waals surface area (Å²) in [5.74, 6) is 4.86. The molecule has 3 heteroatoms. The minimum absolute atomic E-state index is 0.339. The van der Waals surface area contributed by atoms with Gasteiger partial charge in [-0.15, -0.1) is 0 Å². The van der Waals surface area contributed by atoms with E-state index < -0.39 is 0 Å². The van der Waals surface area contributed by atoms with E-state index in [1.54, 1.807) is 5.56 Å². The Labute approximate surface area is 359 Å². The first kappa shape index (κ1) is 36.4. The monoisotopic (exact) mass is 787 g/mol. The third kappa shape index (κ3) is 6.11. The molecule has 0 saturated heterocycles. The van der Waals surface area contributed by atoms with Crippen molar-refractivity contribution in [2.24, 2.45) is 17.8 Å². The van der Waals surface area contributed by atoms with E-state index in [2.05, 4.69) is 178 Å². The molecule has 8 aromatic rings. The summed E-state index contributed by atoms with van der Waals surface area (Å²) in [6.07, 6.45) is 8.61. The Bertz CT molecular complexity index is 2900. The summed E-state index contributed by atoms with van der Waals surface area (Å²) in [7, 11) is 0. The number of aromatic nitrogens is 3. The maximum atomic E-state index is 5.40. The van der Waals surface area contributed by atoms with Gasteiger partial charge in [0.05, 0.1) is 0 Å². The largest absolute Gasteiger partial charge is 0.208 e. The van der Waals surface area contributed by atoms with Crippen molar-refractivity contribution in [1.29, 1.82) is 0 Å².